The van der Waals surface area contributed by atoms with Gasteiger partial charge in [-0.05, 0) is 39.2 Å². The van der Waals surface area contributed by atoms with Crippen LogP contribution in [0.2, 0.25) is 0 Å². The Morgan fingerprint density at radius 1 is 1.36 bits per heavy atom. The van der Waals surface area contributed by atoms with E-state index >= 15 is 0 Å². The highest BCUT2D eigenvalue weighted by Gasteiger charge is 2.17. The van der Waals surface area contributed by atoms with Crippen LogP contribution in [0.15, 0.2) is 23.0 Å². The zero-order valence-electron chi connectivity index (χ0n) is 16.8. The first kappa shape index (κ1) is 20.0. The second kappa shape index (κ2) is 8.95. The molecule has 8 heteroatoms. The molecule has 8 nitrogen and oxygen atoms in total. The molecule has 1 aliphatic rings. The summed E-state index contributed by atoms with van der Waals surface area (Å²) in [5.41, 5.74) is 2.00. The number of urea groups is 1. The van der Waals surface area contributed by atoms with Crippen LogP contribution in [-0.4, -0.2) is 34.0 Å². The molecular formula is C20H29N5O3. The predicted octanol–water partition coefficient (Wildman–Crippen LogP) is 2.15. The fourth-order valence-corrected chi connectivity index (χ4v) is 3.54. The van der Waals surface area contributed by atoms with Crippen molar-refractivity contribution in [2.24, 2.45) is 0 Å². The molecule has 0 radical (unpaired) electrons. The van der Waals surface area contributed by atoms with Gasteiger partial charge in [0.05, 0.1) is 13.2 Å². The quantitative estimate of drug-likeness (QED) is 0.713. The van der Waals surface area contributed by atoms with E-state index in [9.17, 15) is 9.59 Å². The van der Waals surface area contributed by atoms with E-state index in [1.54, 1.807) is 11.7 Å². The summed E-state index contributed by atoms with van der Waals surface area (Å²) in [5, 5.41) is 10.2. The molecule has 1 aromatic heterocycles. The smallest absolute Gasteiger partial charge is 0.345 e. The van der Waals surface area contributed by atoms with Gasteiger partial charge >= 0.3 is 11.7 Å². The van der Waals surface area contributed by atoms with Crippen molar-refractivity contribution in [3.8, 4) is 5.75 Å². The minimum Gasteiger partial charge on any atom is -0.496 e. The summed E-state index contributed by atoms with van der Waals surface area (Å²) in [6.45, 7) is 5.66. The average molecular weight is 387 g/mol. The number of ether oxygens (including phenoxy) is 1. The van der Waals surface area contributed by atoms with Crippen molar-refractivity contribution < 1.29 is 9.53 Å². The second-order valence-corrected chi connectivity index (χ2v) is 7.25. The number of nitrogens with zero attached hydrogens (tertiary/aromatic N) is 3. The van der Waals surface area contributed by atoms with Gasteiger partial charge in [0, 0.05) is 31.6 Å². The van der Waals surface area contributed by atoms with E-state index in [-0.39, 0.29) is 17.8 Å². The third kappa shape index (κ3) is 4.55. The molecule has 0 bridgehead atoms. The topological polar surface area (TPSA) is 90.2 Å². The van der Waals surface area contributed by atoms with E-state index in [0.717, 1.165) is 48.5 Å². The molecule has 0 saturated heterocycles. The molecule has 1 atom stereocenters. The molecule has 0 saturated carbocycles. The summed E-state index contributed by atoms with van der Waals surface area (Å²) >= 11 is 0. The van der Waals surface area contributed by atoms with Gasteiger partial charge in [0.15, 0.2) is 0 Å². The van der Waals surface area contributed by atoms with E-state index in [0.29, 0.717) is 19.5 Å². The molecule has 2 aromatic rings. The molecule has 28 heavy (non-hydrogen) atoms. The molecule has 3 rings (SSSR count). The van der Waals surface area contributed by atoms with Crippen LogP contribution in [0.1, 0.15) is 49.2 Å². The zero-order chi connectivity index (χ0) is 20.1. The minimum absolute atomic E-state index is 0.0423. The molecule has 2 heterocycles. The maximum Gasteiger partial charge on any atom is 0.345 e. The summed E-state index contributed by atoms with van der Waals surface area (Å²) < 4.78 is 8.66. The van der Waals surface area contributed by atoms with Crippen LogP contribution in [0.3, 0.4) is 0 Å². The van der Waals surface area contributed by atoms with Crippen LogP contribution in [0.5, 0.6) is 5.75 Å². The normalized spacial score (nSPS) is 14.2. The number of fused-ring (bicyclic) bond motifs is 1. The maximum absolute atomic E-state index is 12.3. The highest BCUT2D eigenvalue weighted by Crippen LogP contribution is 2.25. The van der Waals surface area contributed by atoms with Gasteiger partial charge < -0.3 is 15.4 Å². The first-order valence-electron chi connectivity index (χ1n) is 9.85. The Hall–Kier alpha value is -2.77. The van der Waals surface area contributed by atoms with E-state index in [4.69, 9.17) is 4.74 Å². The molecule has 2 amide bonds. The lowest BCUT2D eigenvalue weighted by atomic mass is 10.0. The molecule has 1 aliphatic heterocycles. The highest BCUT2D eigenvalue weighted by molar-refractivity contribution is 5.74. The Labute approximate surface area is 164 Å². The van der Waals surface area contributed by atoms with Gasteiger partial charge in [-0.15, -0.1) is 0 Å². The van der Waals surface area contributed by atoms with Crippen LogP contribution in [0, 0.1) is 6.92 Å². The number of carbonyl (C=O) groups excluding carboxylic acids is 1. The number of aryl methyl sites for hydroxylation is 3. The van der Waals surface area contributed by atoms with E-state index < -0.39 is 0 Å². The lowest BCUT2D eigenvalue weighted by molar-refractivity contribution is 0.237. The fourth-order valence-electron chi connectivity index (χ4n) is 3.54. The maximum atomic E-state index is 12.3. The number of benzene rings is 1. The summed E-state index contributed by atoms with van der Waals surface area (Å²) in [7, 11) is 1.62. The van der Waals surface area contributed by atoms with Gasteiger partial charge in [0.25, 0.3) is 0 Å². The molecule has 0 fully saturated rings. The van der Waals surface area contributed by atoms with Crippen molar-refractivity contribution in [2.75, 3.05) is 13.7 Å². The molecule has 1 aromatic carbocycles. The van der Waals surface area contributed by atoms with Crippen molar-refractivity contribution in [3.05, 3.63) is 45.6 Å². The van der Waals surface area contributed by atoms with E-state index in [2.05, 4.69) is 15.7 Å². The Morgan fingerprint density at radius 3 is 2.93 bits per heavy atom. The number of carbonyl (C=O) groups is 1. The number of methoxy groups -OCH3 is 1. The Bertz CT molecular complexity index is 886. The van der Waals surface area contributed by atoms with Gasteiger partial charge in [-0.25, -0.2) is 14.3 Å². The molecule has 0 spiro atoms. The monoisotopic (exact) mass is 387 g/mol. The number of rotatable bonds is 7. The number of hydrogen-bond donors (Lipinski definition) is 2. The van der Waals surface area contributed by atoms with Gasteiger partial charge in [-0.2, -0.15) is 5.10 Å². The standard InChI is InChI=1S/C20H29N5O3/c1-14-8-9-17(28-3)16(13-14)15(2)22-19(26)21-10-6-12-25-20(27)24-11-5-4-7-18(24)23-25/h8-9,13,15H,4-7,10-12H2,1-3H3,(H2,21,22,26)/t15-/m1/s1. The van der Waals surface area contributed by atoms with Gasteiger partial charge in [0.1, 0.15) is 11.6 Å². The number of nitrogens with one attached hydrogen (secondary N) is 2. The van der Waals surface area contributed by atoms with Crippen molar-refractivity contribution in [2.45, 2.75) is 58.7 Å². The summed E-state index contributed by atoms with van der Waals surface area (Å²) in [6.07, 6.45) is 3.63. The molecule has 0 unspecified atom stereocenters. The summed E-state index contributed by atoms with van der Waals surface area (Å²) in [4.78, 5) is 24.5. The van der Waals surface area contributed by atoms with Crippen molar-refractivity contribution in [1.29, 1.82) is 0 Å². The Kier molecular flexibility index (Phi) is 6.38. The van der Waals surface area contributed by atoms with Crippen LogP contribution < -0.4 is 21.1 Å². The average Bonchev–Trinajstić information content (AvgIpc) is 3.01. The SMILES string of the molecule is COc1ccc(C)cc1[C@@H](C)NC(=O)NCCCn1nc2n(c1=O)CCCC2. The first-order chi connectivity index (χ1) is 13.5. The third-order valence-electron chi connectivity index (χ3n) is 5.06. The van der Waals surface area contributed by atoms with Gasteiger partial charge in [-0.1, -0.05) is 17.7 Å². The van der Waals surface area contributed by atoms with Crippen LogP contribution in [0.4, 0.5) is 4.79 Å². The largest absolute Gasteiger partial charge is 0.496 e. The Morgan fingerprint density at radius 2 is 2.18 bits per heavy atom. The number of amides is 2. The van der Waals surface area contributed by atoms with Crippen molar-refractivity contribution in [1.82, 2.24) is 25.0 Å². The summed E-state index contributed by atoms with van der Waals surface area (Å²) in [6, 6.07) is 5.47. The number of hydrogen-bond acceptors (Lipinski definition) is 4. The Balaban J connectivity index is 1.47. The fraction of sp³-hybridized carbons (Fsp3) is 0.550. The molecular weight excluding hydrogens is 358 g/mol. The van der Waals surface area contributed by atoms with E-state index in [1.165, 1.54) is 4.68 Å². The molecule has 2 N–H and O–H groups in total. The van der Waals surface area contributed by atoms with Crippen molar-refractivity contribution >= 4 is 6.03 Å². The highest BCUT2D eigenvalue weighted by atomic mass is 16.5. The summed E-state index contributed by atoms with van der Waals surface area (Å²) in [5.74, 6) is 1.63. The van der Waals surface area contributed by atoms with Crippen molar-refractivity contribution in [3.63, 3.8) is 0 Å². The van der Waals surface area contributed by atoms with Crippen LogP contribution in [0.25, 0.3) is 0 Å². The lowest BCUT2D eigenvalue weighted by Crippen LogP contribution is -2.38. The predicted molar refractivity (Wildman–Crippen MR) is 107 cm³/mol. The zero-order valence-corrected chi connectivity index (χ0v) is 16.8. The van der Waals surface area contributed by atoms with Gasteiger partial charge in [0.2, 0.25) is 0 Å². The van der Waals surface area contributed by atoms with E-state index in [1.807, 2.05) is 32.0 Å². The number of aromatic nitrogens is 3. The lowest BCUT2D eigenvalue weighted by Gasteiger charge is -2.18. The molecule has 0 aliphatic carbocycles. The van der Waals surface area contributed by atoms with Gasteiger partial charge in [-0.3, -0.25) is 4.57 Å². The van der Waals surface area contributed by atoms with Crippen LogP contribution >= 0.6 is 0 Å². The molecule has 152 valence electrons. The third-order valence-corrected chi connectivity index (χ3v) is 5.06. The first-order valence-corrected chi connectivity index (χ1v) is 9.85. The van der Waals surface area contributed by atoms with Crippen LogP contribution in [-0.2, 0) is 19.5 Å². The second-order valence-electron chi connectivity index (χ2n) is 7.25. The minimum atomic E-state index is -0.243.